The number of nitrogens with two attached hydrogens (primary N) is 1. The van der Waals surface area contributed by atoms with E-state index in [4.69, 9.17) is 17.3 Å². The van der Waals surface area contributed by atoms with Crippen LogP contribution in [0.15, 0.2) is 36.4 Å². The van der Waals surface area contributed by atoms with Gasteiger partial charge < -0.3 is 11.1 Å². The zero-order chi connectivity index (χ0) is 12.3. The Morgan fingerprint density at radius 1 is 1.24 bits per heavy atom. The van der Waals surface area contributed by atoms with Crippen LogP contribution in [0.2, 0.25) is 5.15 Å². The van der Waals surface area contributed by atoms with Gasteiger partial charge in [-0.3, -0.25) is 0 Å². The predicted molar refractivity (Wildman–Crippen MR) is 72.8 cm³/mol. The van der Waals surface area contributed by atoms with Crippen molar-refractivity contribution in [1.29, 1.82) is 0 Å². The molecule has 17 heavy (non-hydrogen) atoms. The van der Waals surface area contributed by atoms with Crippen molar-refractivity contribution in [2.45, 2.75) is 13.3 Å². The number of rotatable bonds is 3. The number of nitrogens with zero attached hydrogens (tertiary/aromatic N) is 1. The summed E-state index contributed by atoms with van der Waals surface area (Å²) in [6.45, 7) is 2.11. The van der Waals surface area contributed by atoms with E-state index in [2.05, 4.69) is 23.3 Å². The largest absolute Gasteiger partial charge is 0.396 e. The van der Waals surface area contributed by atoms with Crippen LogP contribution >= 0.6 is 11.6 Å². The maximum absolute atomic E-state index is 5.85. The van der Waals surface area contributed by atoms with Gasteiger partial charge in [-0.2, -0.15) is 0 Å². The zero-order valence-electron chi connectivity index (χ0n) is 9.57. The second-order valence-corrected chi connectivity index (χ2v) is 4.09. The summed E-state index contributed by atoms with van der Waals surface area (Å²) in [7, 11) is 0. The summed E-state index contributed by atoms with van der Waals surface area (Å²) in [6.07, 6.45) is 0.948. The number of hydrogen-bond acceptors (Lipinski definition) is 3. The number of aryl methyl sites for hydroxylation is 1. The molecule has 88 valence electrons. The van der Waals surface area contributed by atoms with Crippen LogP contribution in [0, 0.1) is 0 Å². The lowest BCUT2D eigenvalue weighted by Gasteiger charge is -2.11. The van der Waals surface area contributed by atoms with E-state index in [-0.39, 0.29) is 0 Å². The SMILES string of the molecule is CCc1ccccc1Nc1nc(Cl)ccc1N. The van der Waals surface area contributed by atoms with Crippen LogP contribution in [0.5, 0.6) is 0 Å². The molecule has 0 aliphatic carbocycles. The fraction of sp³-hybridized carbons (Fsp3) is 0.154. The molecule has 0 fully saturated rings. The van der Waals surface area contributed by atoms with Gasteiger partial charge in [0.25, 0.3) is 0 Å². The van der Waals surface area contributed by atoms with Crippen molar-refractivity contribution in [2.75, 3.05) is 11.1 Å². The first-order valence-corrected chi connectivity index (χ1v) is 5.85. The number of pyridine rings is 1. The Morgan fingerprint density at radius 2 is 2.00 bits per heavy atom. The van der Waals surface area contributed by atoms with Crippen molar-refractivity contribution >= 4 is 28.8 Å². The standard InChI is InChI=1S/C13H14ClN3/c1-2-9-5-3-4-6-11(9)16-13-10(15)7-8-12(14)17-13/h3-8H,2,15H2,1H3,(H,16,17). The first kappa shape index (κ1) is 11.7. The molecule has 0 saturated carbocycles. The molecular formula is C13H14ClN3. The molecule has 0 atom stereocenters. The molecule has 1 heterocycles. The molecule has 4 heteroatoms. The number of halogens is 1. The Balaban J connectivity index is 2.34. The monoisotopic (exact) mass is 247 g/mol. The Morgan fingerprint density at radius 3 is 2.76 bits per heavy atom. The van der Waals surface area contributed by atoms with Crippen LogP contribution in [-0.2, 0) is 6.42 Å². The number of benzene rings is 1. The highest BCUT2D eigenvalue weighted by Crippen LogP contribution is 2.25. The van der Waals surface area contributed by atoms with E-state index in [0.29, 0.717) is 16.7 Å². The van der Waals surface area contributed by atoms with Crippen LogP contribution in [0.1, 0.15) is 12.5 Å². The Labute approximate surface area is 106 Å². The van der Waals surface area contributed by atoms with Gasteiger partial charge in [-0.15, -0.1) is 0 Å². The van der Waals surface area contributed by atoms with Crippen LogP contribution < -0.4 is 11.1 Å². The quantitative estimate of drug-likeness (QED) is 0.815. The first-order chi connectivity index (χ1) is 8.20. The maximum atomic E-state index is 5.85. The number of nitrogens with one attached hydrogen (secondary N) is 1. The summed E-state index contributed by atoms with van der Waals surface area (Å²) in [5.74, 6) is 0.596. The normalized spacial score (nSPS) is 10.2. The molecule has 0 radical (unpaired) electrons. The molecule has 0 aliphatic heterocycles. The number of nitrogen functional groups attached to an aromatic ring is 1. The van der Waals surface area contributed by atoms with E-state index in [0.717, 1.165) is 12.1 Å². The zero-order valence-corrected chi connectivity index (χ0v) is 10.3. The van der Waals surface area contributed by atoms with E-state index in [1.807, 2.05) is 18.2 Å². The van der Waals surface area contributed by atoms with Crippen LogP contribution in [-0.4, -0.2) is 4.98 Å². The third kappa shape index (κ3) is 2.68. The van der Waals surface area contributed by atoms with E-state index in [9.17, 15) is 0 Å². The Hall–Kier alpha value is -1.74. The van der Waals surface area contributed by atoms with Gasteiger partial charge in [-0.1, -0.05) is 36.7 Å². The number of aromatic nitrogens is 1. The van der Waals surface area contributed by atoms with Gasteiger partial charge in [0.15, 0.2) is 5.82 Å². The van der Waals surface area contributed by atoms with Gasteiger partial charge in [0.1, 0.15) is 5.15 Å². The van der Waals surface area contributed by atoms with Gasteiger partial charge in [-0.25, -0.2) is 4.98 Å². The molecule has 0 amide bonds. The van der Waals surface area contributed by atoms with E-state index >= 15 is 0 Å². The summed E-state index contributed by atoms with van der Waals surface area (Å²) in [6, 6.07) is 11.5. The van der Waals surface area contributed by atoms with Crippen LogP contribution in [0.4, 0.5) is 17.2 Å². The van der Waals surface area contributed by atoms with Gasteiger partial charge in [0, 0.05) is 5.69 Å². The fourth-order valence-electron chi connectivity index (χ4n) is 1.62. The average molecular weight is 248 g/mol. The fourth-order valence-corrected chi connectivity index (χ4v) is 1.77. The molecule has 0 spiro atoms. The van der Waals surface area contributed by atoms with E-state index in [1.54, 1.807) is 12.1 Å². The summed E-state index contributed by atoms with van der Waals surface area (Å²) in [5.41, 5.74) is 8.66. The molecule has 0 bridgehead atoms. The summed E-state index contributed by atoms with van der Waals surface area (Å²) < 4.78 is 0. The van der Waals surface area contributed by atoms with Gasteiger partial charge in [0.05, 0.1) is 5.69 Å². The van der Waals surface area contributed by atoms with Gasteiger partial charge >= 0.3 is 0 Å². The third-order valence-corrected chi connectivity index (χ3v) is 2.75. The minimum atomic E-state index is 0.427. The van der Waals surface area contributed by atoms with E-state index < -0.39 is 0 Å². The van der Waals surface area contributed by atoms with Crippen molar-refractivity contribution in [3.05, 3.63) is 47.1 Å². The minimum Gasteiger partial charge on any atom is -0.396 e. The molecular weight excluding hydrogens is 234 g/mol. The van der Waals surface area contributed by atoms with Gasteiger partial charge in [0.2, 0.25) is 0 Å². The minimum absolute atomic E-state index is 0.427. The van der Waals surface area contributed by atoms with Crippen molar-refractivity contribution in [3.63, 3.8) is 0 Å². The molecule has 3 N–H and O–H groups in total. The molecule has 0 unspecified atom stereocenters. The second-order valence-electron chi connectivity index (χ2n) is 3.71. The number of hydrogen-bond donors (Lipinski definition) is 2. The lowest BCUT2D eigenvalue weighted by molar-refractivity contribution is 1.14. The molecule has 0 saturated heterocycles. The molecule has 1 aromatic heterocycles. The number of anilines is 3. The Kier molecular flexibility index (Phi) is 3.49. The average Bonchev–Trinajstić information content (AvgIpc) is 2.34. The van der Waals surface area contributed by atoms with Crippen molar-refractivity contribution in [3.8, 4) is 0 Å². The molecule has 1 aromatic carbocycles. The van der Waals surface area contributed by atoms with Gasteiger partial charge in [-0.05, 0) is 30.2 Å². The lowest BCUT2D eigenvalue weighted by atomic mass is 10.1. The summed E-state index contributed by atoms with van der Waals surface area (Å²) in [4.78, 5) is 4.17. The first-order valence-electron chi connectivity index (χ1n) is 5.47. The molecule has 3 nitrogen and oxygen atoms in total. The summed E-state index contributed by atoms with van der Waals surface area (Å²) >= 11 is 5.85. The third-order valence-electron chi connectivity index (χ3n) is 2.54. The highest BCUT2D eigenvalue weighted by Gasteiger charge is 2.05. The smallest absolute Gasteiger partial charge is 0.155 e. The molecule has 0 aliphatic rings. The van der Waals surface area contributed by atoms with Crippen LogP contribution in [0.25, 0.3) is 0 Å². The number of para-hydroxylation sites is 1. The second kappa shape index (κ2) is 5.06. The van der Waals surface area contributed by atoms with Crippen molar-refractivity contribution in [1.82, 2.24) is 4.98 Å². The lowest BCUT2D eigenvalue weighted by Crippen LogP contribution is -2.01. The molecule has 2 aromatic rings. The Bertz CT molecular complexity index is 526. The highest BCUT2D eigenvalue weighted by molar-refractivity contribution is 6.29. The molecule has 2 rings (SSSR count). The van der Waals surface area contributed by atoms with Crippen molar-refractivity contribution in [2.24, 2.45) is 0 Å². The topological polar surface area (TPSA) is 50.9 Å². The van der Waals surface area contributed by atoms with Crippen LogP contribution in [0.3, 0.4) is 0 Å². The highest BCUT2D eigenvalue weighted by atomic mass is 35.5. The van der Waals surface area contributed by atoms with Crippen molar-refractivity contribution < 1.29 is 0 Å². The van der Waals surface area contributed by atoms with E-state index in [1.165, 1.54) is 5.56 Å². The summed E-state index contributed by atoms with van der Waals surface area (Å²) in [5, 5.41) is 3.64. The predicted octanol–water partition coefficient (Wildman–Crippen LogP) is 3.62. The maximum Gasteiger partial charge on any atom is 0.155 e.